The van der Waals surface area contributed by atoms with E-state index < -0.39 is 5.97 Å². The molecule has 0 saturated carbocycles. The second-order valence-corrected chi connectivity index (χ2v) is 5.50. The van der Waals surface area contributed by atoms with E-state index in [4.69, 9.17) is 5.11 Å². The minimum Gasteiger partial charge on any atom is -0.478 e. The maximum absolute atomic E-state index is 10.7. The third kappa shape index (κ3) is 6.27. The molecule has 0 aliphatic carbocycles. The molecule has 4 heteroatoms. The number of carbonyl (C=O) groups is 1. The third-order valence-corrected chi connectivity index (χ3v) is 2.72. The molecular formula is C9H14Br2O2. The largest absolute Gasteiger partial charge is 0.478 e. The smallest absolute Gasteiger partial charge is 0.333 e. The van der Waals surface area contributed by atoms with Crippen LogP contribution in [0, 0.1) is 0 Å². The Morgan fingerprint density at radius 1 is 1.23 bits per heavy atom. The van der Waals surface area contributed by atoms with Gasteiger partial charge in [0.15, 0.2) is 0 Å². The van der Waals surface area contributed by atoms with E-state index in [2.05, 4.69) is 38.8 Å². The van der Waals surface area contributed by atoms with Crippen LogP contribution in [0.25, 0.3) is 0 Å². The Morgan fingerprint density at radius 3 is 2.23 bits per heavy atom. The van der Waals surface area contributed by atoms with Crippen LogP contribution in [0.1, 0.15) is 39.0 Å². The minimum absolute atomic E-state index is 0.427. The van der Waals surface area contributed by atoms with Crippen LogP contribution in [0.15, 0.2) is 8.96 Å². The van der Waals surface area contributed by atoms with Gasteiger partial charge in [-0.2, -0.15) is 0 Å². The normalized spacial score (nSPS) is 9.77. The van der Waals surface area contributed by atoms with Gasteiger partial charge in [0.1, 0.15) is 0 Å². The van der Waals surface area contributed by atoms with E-state index in [1.165, 1.54) is 12.8 Å². The van der Waals surface area contributed by atoms with Crippen molar-refractivity contribution in [2.45, 2.75) is 39.0 Å². The van der Waals surface area contributed by atoms with Crippen LogP contribution >= 0.6 is 31.9 Å². The Morgan fingerprint density at radius 2 is 1.85 bits per heavy atom. The fraction of sp³-hybridized carbons (Fsp3) is 0.667. The lowest BCUT2D eigenvalue weighted by atomic mass is 10.1. The van der Waals surface area contributed by atoms with Gasteiger partial charge in [0.2, 0.25) is 0 Å². The van der Waals surface area contributed by atoms with Gasteiger partial charge in [0.05, 0.1) is 8.96 Å². The van der Waals surface area contributed by atoms with Crippen LogP contribution in [0.5, 0.6) is 0 Å². The van der Waals surface area contributed by atoms with Gasteiger partial charge in [-0.15, -0.1) is 0 Å². The molecule has 0 aromatic rings. The van der Waals surface area contributed by atoms with E-state index in [0.717, 1.165) is 12.8 Å². The second-order valence-electron chi connectivity index (χ2n) is 2.85. The molecule has 2 nitrogen and oxygen atoms in total. The first kappa shape index (κ1) is 13.2. The van der Waals surface area contributed by atoms with Crippen molar-refractivity contribution in [1.29, 1.82) is 0 Å². The van der Waals surface area contributed by atoms with Crippen molar-refractivity contribution < 1.29 is 9.90 Å². The van der Waals surface area contributed by atoms with Crippen LogP contribution in [0.2, 0.25) is 0 Å². The first-order chi connectivity index (χ1) is 6.09. The van der Waals surface area contributed by atoms with E-state index in [1.54, 1.807) is 0 Å². The van der Waals surface area contributed by atoms with Gasteiger partial charge in [-0.1, -0.05) is 26.2 Å². The summed E-state index contributed by atoms with van der Waals surface area (Å²) < 4.78 is 0.559. The van der Waals surface area contributed by atoms with Crippen molar-refractivity contribution in [3.63, 3.8) is 0 Å². The number of halogens is 2. The average molecular weight is 314 g/mol. The first-order valence-electron chi connectivity index (χ1n) is 4.37. The zero-order valence-electron chi connectivity index (χ0n) is 7.65. The molecule has 0 radical (unpaired) electrons. The highest BCUT2D eigenvalue weighted by Crippen LogP contribution is 2.23. The van der Waals surface area contributed by atoms with E-state index in [1.807, 2.05) is 0 Å². The SMILES string of the molecule is CCCCCCC(C(=O)O)=C(Br)Br. The summed E-state index contributed by atoms with van der Waals surface area (Å²) in [4.78, 5) is 10.7. The summed E-state index contributed by atoms with van der Waals surface area (Å²) in [6.45, 7) is 2.13. The number of hydrogen-bond acceptors (Lipinski definition) is 1. The monoisotopic (exact) mass is 312 g/mol. The first-order valence-corrected chi connectivity index (χ1v) is 5.95. The van der Waals surface area contributed by atoms with Gasteiger partial charge in [-0.3, -0.25) is 0 Å². The molecule has 0 aliphatic heterocycles. The number of unbranched alkanes of at least 4 members (excludes halogenated alkanes) is 3. The van der Waals surface area contributed by atoms with Crippen LogP contribution in [0.4, 0.5) is 0 Å². The van der Waals surface area contributed by atoms with Crippen molar-refractivity contribution in [3.8, 4) is 0 Å². The Kier molecular flexibility index (Phi) is 7.66. The number of aliphatic carboxylic acids is 1. The Balaban J connectivity index is 3.87. The molecule has 0 amide bonds. The third-order valence-electron chi connectivity index (χ3n) is 1.77. The summed E-state index contributed by atoms with van der Waals surface area (Å²) in [5, 5.41) is 8.78. The fourth-order valence-electron chi connectivity index (χ4n) is 1.01. The second kappa shape index (κ2) is 7.56. The summed E-state index contributed by atoms with van der Waals surface area (Å²) in [6, 6.07) is 0. The molecule has 1 N–H and O–H groups in total. The summed E-state index contributed by atoms with van der Waals surface area (Å²) in [5.74, 6) is -0.847. The summed E-state index contributed by atoms with van der Waals surface area (Å²) >= 11 is 6.25. The van der Waals surface area contributed by atoms with Gasteiger partial charge >= 0.3 is 5.97 Å². The van der Waals surface area contributed by atoms with Crippen LogP contribution in [0.3, 0.4) is 0 Å². The number of hydrogen-bond donors (Lipinski definition) is 1. The molecule has 0 fully saturated rings. The highest BCUT2D eigenvalue weighted by atomic mass is 79.9. The quantitative estimate of drug-likeness (QED) is 0.593. The van der Waals surface area contributed by atoms with E-state index in [0.29, 0.717) is 15.4 Å². The van der Waals surface area contributed by atoms with Crippen molar-refractivity contribution in [1.82, 2.24) is 0 Å². The van der Waals surface area contributed by atoms with Gasteiger partial charge < -0.3 is 5.11 Å². The molecule has 0 unspecified atom stereocenters. The molecule has 0 saturated heterocycles. The zero-order valence-corrected chi connectivity index (χ0v) is 10.8. The van der Waals surface area contributed by atoms with Crippen LogP contribution in [-0.4, -0.2) is 11.1 Å². The zero-order chi connectivity index (χ0) is 10.3. The van der Waals surface area contributed by atoms with Gasteiger partial charge in [-0.05, 0) is 44.7 Å². The number of carboxylic acid groups (broad SMARTS) is 1. The molecular weight excluding hydrogens is 300 g/mol. The molecule has 0 aromatic heterocycles. The van der Waals surface area contributed by atoms with Crippen LogP contribution < -0.4 is 0 Å². The summed E-state index contributed by atoms with van der Waals surface area (Å²) in [6.07, 6.45) is 5.01. The maximum Gasteiger partial charge on any atom is 0.333 e. The van der Waals surface area contributed by atoms with E-state index >= 15 is 0 Å². The number of carboxylic acids is 1. The van der Waals surface area contributed by atoms with E-state index in [-0.39, 0.29) is 0 Å². The average Bonchev–Trinajstić information content (AvgIpc) is 2.02. The summed E-state index contributed by atoms with van der Waals surface area (Å²) in [7, 11) is 0. The Labute approximate surface area is 95.7 Å². The van der Waals surface area contributed by atoms with Gasteiger partial charge in [-0.25, -0.2) is 4.79 Å². The molecule has 76 valence electrons. The topological polar surface area (TPSA) is 37.3 Å². The molecule has 0 spiro atoms. The van der Waals surface area contributed by atoms with Gasteiger partial charge in [0, 0.05) is 0 Å². The lowest BCUT2D eigenvalue weighted by Crippen LogP contribution is -2.00. The van der Waals surface area contributed by atoms with Crippen molar-refractivity contribution in [3.05, 3.63) is 8.96 Å². The van der Waals surface area contributed by atoms with E-state index in [9.17, 15) is 4.79 Å². The highest BCUT2D eigenvalue weighted by molar-refractivity contribution is 9.28. The Hall–Kier alpha value is 0.170. The van der Waals surface area contributed by atoms with Crippen molar-refractivity contribution in [2.75, 3.05) is 0 Å². The Bertz CT molecular complexity index is 196. The summed E-state index contributed by atoms with van der Waals surface area (Å²) in [5.41, 5.74) is 0.427. The minimum atomic E-state index is -0.847. The maximum atomic E-state index is 10.7. The number of rotatable bonds is 6. The highest BCUT2D eigenvalue weighted by Gasteiger charge is 2.10. The molecule has 0 aromatic carbocycles. The fourth-order valence-corrected chi connectivity index (χ4v) is 1.75. The van der Waals surface area contributed by atoms with Crippen molar-refractivity contribution in [2.24, 2.45) is 0 Å². The lowest BCUT2D eigenvalue weighted by Gasteiger charge is -2.02. The molecule has 0 rings (SSSR count). The predicted molar refractivity (Wildman–Crippen MR) is 61.3 cm³/mol. The molecule has 0 aliphatic rings. The molecule has 13 heavy (non-hydrogen) atoms. The van der Waals surface area contributed by atoms with Crippen molar-refractivity contribution >= 4 is 37.8 Å². The van der Waals surface area contributed by atoms with Gasteiger partial charge in [0.25, 0.3) is 0 Å². The standard InChI is InChI=1S/C9H14Br2O2/c1-2-3-4-5-6-7(8(10)11)9(12)13/h2-6H2,1H3,(H,12,13). The lowest BCUT2D eigenvalue weighted by molar-refractivity contribution is -0.132. The molecule has 0 atom stereocenters. The molecule has 0 bridgehead atoms. The van der Waals surface area contributed by atoms with Crippen LogP contribution in [-0.2, 0) is 4.79 Å². The molecule has 0 heterocycles. The predicted octanol–water partition coefficient (Wildman–Crippen LogP) is 4.04.